The van der Waals surface area contributed by atoms with E-state index in [1.807, 2.05) is 18.2 Å². The van der Waals surface area contributed by atoms with Crippen molar-refractivity contribution in [1.82, 2.24) is 5.32 Å². The molecular formula is C17H18FNOS. The average Bonchev–Trinajstić information content (AvgIpc) is 2.53. The zero-order chi connectivity index (χ0) is 15.1. The van der Waals surface area contributed by atoms with Crippen molar-refractivity contribution in [3.63, 3.8) is 0 Å². The van der Waals surface area contributed by atoms with Crippen LogP contribution < -0.4 is 5.32 Å². The minimum atomic E-state index is -0.266. The molecule has 1 amide bonds. The van der Waals surface area contributed by atoms with E-state index in [1.165, 1.54) is 17.7 Å². The lowest BCUT2D eigenvalue weighted by molar-refractivity contribution is -0.118. The Morgan fingerprint density at radius 1 is 1.14 bits per heavy atom. The zero-order valence-electron chi connectivity index (χ0n) is 11.9. The number of carbonyl (C=O) groups is 1. The number of benzene rings is 2. The highest BCUT2D eigenvalue weighted by Gasteiger charge is 2.08. The molecule has 1 atom stereocenters. The molecule has 21 heavy (non-hydrogen) atoms. The Balaban J connectivity index is 1.73. The monoisotopic (exact) mass is 303 g/mol. The Morgan fingerprint density at radius 3 is 2.48 bits per heavy atom. The highest BCUT2D eigenvalue weighted by Crippen LogP contribution is 2.27. The van der Waals surface area contributed by atoms with Crippen LogP contribution in [0.4, 0.5) is 4.39 Å². The summed E-state index contributed by atoms with van der Waals surface area (Å²) < 4.78 is 12.8. The third kappa shape index (κ3) is 5.23. The summed E-state index contributed by atoms with van der Waals surface area (Å²) in [6.07, 6.45) is 0. The van der Waals surface area contributed by atoms with E-state index in [4.69, 9.17) is 0 Å². The quantitative estimate of drug-likeness (QED) is 0.876. The lowest BCUT2D eigenvalue weighted by Crippen LogP contribution is -2.24. The van der Waals surface area contributed by atoms with Crippen LogP contribution in [0.5, 0.6) is 0 Å². The van der Waals surface area contributed by atoms with E-state index >= 15 is 0 Å². The third-order valence-electron chi connectivity index (χ3n) is 3.14. The van der Waals surface area contributed by atoms with Gasteiger partial charge in [-0.05, 0) is 30.2 Å². The van der Waals surface area contributed by atoms with Crippen LogP contribution >= 0.6 is 11.8 Å². The Kier molecular flexibility index (Phi) is 5.81. The number of halogens is 1. The molecule has 0 saturated heterocycles. The van der Waals surface area contributed by atoms with Gasteiger partial charge in [0.15, 0.2) is 0 Å². The molecule has 0 radical (unpaired) electrons. The number of nitrogens with one attached hydrogen (secondary N) is 1. The molecule has 0 aromatic heterocycles. The predicted molar refractivity (Wildman–Crippen MR) is 85.6 cm³/mol. The van der Waals surface area contributed by atoms with Crippen molar-refractivity contribution in [3.05, 3.63) is 71.5 Å². The number of thioether (sulfide) groups is 1. The van der Waals surface area contributed by atoms with Gasteiger partial charge in [0.1, 0.15) is 5.82 Å². The van der Waals surface area contributed by atoms with Crippen LogP contribution in [0.3, 0.4) is 0 Å². The van der Waals surface area contributed by atoms with Gasteiger partial charge in [-0.2, -0.15) is 0 Å². The van der Waals surface area contributed by atoms with Crippen molar-refractivity contribution >= 4 is 17.7 Å². The second-order valence-corrected chi connectivity index (χ2v) is 6.10. The lowest BCUT2D eigenvalue weighted by Gasteiger charge is -2.11. The molecule has 2 aromatic rings. The minimum absolute atomic E-state index is 0.00731. The van der Waals surface area contributed by atoms with Gasteiger partial charge in [-0.15, -0.1) is 11.8 Å². The molecule has 4 heteroatoms. The van der Waals surface area contributed by atoms with Gasteiger partial charge in [-0.1, -0.05) is 42.5 Å². The van der Waals surface area contributed by atoms with Crippen molar-refractivity contribution in [2.75, 3.05) is 5.75 Å². The van der Waals surface area contributed by atoms with Gasteiger partial charge in [-0.3, -0.25) is 4.79 Å². The van der Waals surface area contributed by atoms with Gasteiger partial charge in [-0.25, -0.2) is 4.39 Å². The molecular weight excluding hydrogens is 285 g/mol. The lowest BCUT2D eigenvalue weighted by atomic mass is 10.2. The van der Waals surface area contributed by atoms with Crippen molar-refractivity contribution in [3.8, 4) is 0 Å². The first-order valence-electron chi connectivity index (χ1n) is 6.83. The van der Waals surface area contributed by atoms with Gasteiger partial charge >= 0.3 is 0 Å². The van der Waals surface area contributed by atoms with Crippen molar-refractivity contribution in [1.29, 1.82) is 0 Å². The van der Waals surface area contributed by atoms with Crippen LogP contribution in [0.25, 0.3) is 0 Å². The maximum absolute atomic E-state index is 12.8. The topological polar surface area (TPSA) is 29.1 Å². The summed E-state index contributed by atoms with van der Waals surface area (Å²) in [6.45, 7) is 2.52. The SMILES string of the molecule is CC(SCC(=O)NCc1ccc(F)cc1)c1ccccc1. The van der Waals surface area contributed by atoms with Gasteiger partial charge in [0.2, 0.25) is 5.91 Å². The normalized spacial score (nSPS) is 11.9. The summed E-state index contributed by atoms with van der Waals surface area (Å²) >= 11 is 1.60. The van der Waals surface area contributed by atoms with Gasteiger partial charge in [0, 0.05) is 11.8 Å². The molecule has 0 fully saturated rings. The highest BCUT2D eigenvalue weighted by atomic mass is 32.2. The van der Waals surface area contributed by atoms with Crippen LogP contribution in [0.15, 0.2) is 54.6 Å². The molecule has 0 bridgehead atoms. The van der Waals surface area contributed by atoms with Crippen LogP contribution in [-0.2, 0) is 11.3 Å². The summed E-state index contributed by atoms with van der Waals surface area (Å²) in [5.41, 5.74) is 2.11. The van der Waals surface area contributed by atoms with Crippen molar-refractivity contribution in [2.45, 2.75) is 18.7 Å². The Hall–Kier alpha value is -1.81. The standard InChI is InChI=1S/C17H18FNOS/c1-13(15-5-3-2-4-6-15)21-12-17(20)19-11-14-7-9-16(18)10-8-14/h2-10,13H,11-12H2,1H3,(H,19,20). The molecule has 1 N–H and O–H groups in total. The first-order valence-corrected chi connectivity index (χ1v) is 7.87. The molecule has 0 saturated carbocycles. The molecule has 2 aromatic carbocycles. The predicted octanol–water partition coefficient (Wildman–Crippen LogP) is 3.94. The minimum Gasteiger partial charge on any atom is -0.351 e. The first-order chi connectivity index (χ1) is 10.1. The third-order valence-corrected chi connectivity index (χ3v) is 4.34. The first kappa shape index (κ1) is 15.6. The Labute approximate surface area is 128 Å². The van der Waals surface area contributed by atoms with E-state index < -0.39 is 0 Å². The molecule has 0 spiro atoms. The molecule has 1 unspecified atom stereocenters. The van der Waals surface area contributed by atoms with E-state index in [-0.39, 0.29) is 17.0 Å². The van der Waals surface area contributed by atoms with E-state index in [2.05, 4.69) is 24.4 Å². The molecule has 0 aliphatic heterocycles. The number of hydrogen-bond acceptors (Lipinski definition) is 2. The number of rotatable bonds is 6. The molecule has 110 valence electrons. The smallest absolute Gasteiger partial charge is 0.230 e. The van der Waals surface area contributed by atoms with Crippen LogP contribution in [-0.4, -0.2) is 11.7 Å². The number of amides is 1. The fourth-order valence-corrected chi connectivity index (χ4v) is 2.73. The second-order valence-electron chi connectivity index (χ2n) is 4.77. The summed E-state index contributed by atoms with van der Waals surface area (Å²) in [7, 11) is 0. The van der Waals surface area contributed by atoms with Crippen LogP contribution in [0.2, 0.25) is 0 Å². The second kappa shape index (κ2) is 7.84. The van der Waals surface area contributed by atoms with Crippen molar-refractivity contribution in [2.24, 2.45) is 0 Å². The van der Waals surface area contributed by atoms with E-state index in [0.717, 1.165) is 5.56 Å². The molecule has 2 nitrogen and oxygen atoms in total. The summed E-state index contributed by atoms with van der Waals surface area (Å²) in [4.78, 5) is 11.8. The largest absolute Gasteiger partial charge is 0.351 e. The average molecular weight is 303 g/mol. The van der Waals surface area contributed by atoms with Gasteiger partial charge in [0.05, 0.1) is 5.75 Å². The van der Waals surface area contributed by atoms with Crippen molar-refractivity contribution < 1.29 is 9.18 Å². The maximum Gasteiger partial charge on any atom is 0.230 e. The van der Waals surface area contributed by atoms with E-state index in [0.29, 0.717) is 12.3 Å². The van der Waals surface area contributed by atoms with Crippen LogP contribution in [0, 0.1) is 5.82 Å². The molecule has 0 aliphatic carbocycles. The molecule has 0 aliphatic rings. The summed E-state index contributed by atoms with van der Waals surface area (Å²) in [6, 6.07) is 16.3. The van der Waals surface area contributed by atoms with Gasteiger partial charge in [0.25, 0.3) is 0 Å². The van der Waals surface area contributed by atoms with E-state index in [9.17, 15) is 9.18 Å². The highest BCUT2D eigenvalue weighted by molar-refractivity contribution is 8.00. The fraction of sp³-hybridized carbons (Fsp3) is 0.235. The fourth-order valence-electron chi connectivity index (χ4n) is 1.87. The summed E-state index contributed by atoms with van der Waals surface area (Å²) in [5.74, 6) is 0.140. The number of hydrogen-bond donors (Lipinski definition) is 1. The number of carbonyl (C=O) groups excluding carboxylic acids is 1. The molecule has 2 rings (SSSR count). The Morgan fingerprint density at radius 2 is 1.81 bits per heavy atom. The maximum atomic E-state index is 12.8. The summed E-state index contributed by atoms with van der Waals surface area (Å²) in [5, 5.41) is 3.12. The van der Waals surface area contributed by atoms with Crippen LogP contribution in [0.1, 0.15) is 23.3 Å². The van der Waals surface area contributed by atoms with Gasteiger partial charge < -0.3 is 5.32 Å². The van der Waals surface area contributed by atoms with E-state index in [1.54, 1.807) is 23.9 Å². The molecule has 0 heterocycles. The Bertz CT molecular complexity index is 571. The zero-order valence-corrected chi connectivity index (χ0v) is 12.7.